The van der Waals surface area contributed by atoms with Crippen LogP contribution in [0.25, 0.3) is 0 Å². The highest BCUT2D eigenvalue weighted by molar-refractivity contribution is 7.99. The first-order valence-corrected chi connectivity index (χ1v) is 5.82. The largest absolute Gasteiger partial charge is 0.316 e. The van der Waals surface area contributed by atoms with Crippen LogP contribution in [0.3, 0.4) is 0 Å². The van der Waals surface area contributed by atoms with E-state index < -0.39 is 0 Å². The Labute approximate surface area is 90.6 Å². The first-order valence-electron chi connectivity index (χ1n) is 4.84. The number of allylic oxidation sites excluding steroid dienone is 1. The highest BCUT2D eigenvalue weighted by Crippen LogP contribution is 2.19. The maximum atomic E-state index is 3.71. The standard InChI is InChI=1S/C12H17NS/c1-3-4-9-14-12-7-5-11(6-8-12)10-13-2/h3,5-8,13H,1,4,9-10H2,2H3. The zero-order valence-electron chi connectivity index (χ0n) is 8.62. The van der Waals surface area contributed by atoms with Crippen molar-refractivity contribution in [3.63, 3.8) is 0 Å². The van der Waals surface area contributed by atoms with Gasteiger partial charge in [-0.2, -0.15) is 0 Å². The number of hydrogen-bond donors (Lipinski definition) is 1. The summed E-state index contributed by atoms with van der Waals surface area (Å²) < 4.78 is 0. The molecule has 0 bridgehead atoms. The van der Waals surface area contributed by atoms with Crippen LogP contribution in [-0.4, -0.2) is 12.8 Å². The minimum absolute atomic E-state index is 0.942. The van der Waals surface area contributed by atoms with Crippen molar-refractivity contribution in [3.8, 4) is 0 Å². The molecule has 0 heterocycles. The summed E-state index contributed by atoms with van der Waals surface area (Å²) in [6.45, 7) is 4.65. The minimum atomic E-state index is 0.942. The van der Waals surface area contributed by atoms with Gasteiger partial charge in [-0.3, -0.25) is 0 Å². The van der Waals surface area contributed by atoms with Crippen molar-refractivity contribution in [2.45, 2.75) is 17.9 Å². The molecular formula is C12H17NS. The maximum absolute atomic E-state index is 3.71. The molecule has 0 amide bonds. The molecule has 76 valence electrons. The Morgan fingerprint density at radius 1 is 1.36 bits per heavy atom. The van der Waals surface area contributed by atoms with Crippen LogP contribution in [0.5, 0.6) is 0 Å². The van der Waals surface area contributed by atoms with E-state index in [0.717, 1.165) is 18.7 Å². The van der Waals surface area contributed by atoms with Crippen LogP contribution >= 0.6 is 11.8 Å². The molecule has 0 radical (unpaired) electrons. The van der Waals surface area contributed by atoms with E-state index in [1.165, 1.54) is 10.5 Å². The van der Waals surface area contributed by atoms with Crippen molar-refractivity contribution < 1.29 is 0 Å². The first kappa shape index (κ1) is 11.3. The molecular weight excluding hydrogens is 190 g/mol. The molecule has 0 unspecified atom stereocenters. The lowest BCUT2D eigenvalue weighted by atomic mass is 10.2. The van der Waals surface area contributed by atoms with E-state index >= 15 is 0 Å². The fourth-order valence-electron chi connectivity index (χ4n) is 1.17. The predicted octanol–water partition coefficient (Wildman–Crippen LogP) is 3.07. The van der Waals surface area contributed by atoms with Crippen LogP contribution in [0, 0.1) is 0 Å². The normalized spacial score (nSPS) is 10.1. The summed E-state index contributed by atoms with van der Waals surface area (Å²) in [5.41, 5.74) is 1.33. The van der Waals surface area contributed by atoms with E-state index in [-0.39, 0.29) is 0 Å². The molecule has 14 heavy (non-hydrogen) atoms. The SMILES string of the molecule is C=CCCSc1ccc(CNC)cc1. The molecule has 1 N–H and O–H groups in total. The summed E-state index contributed by atoms with van der Waals surface area (Å²) in [6, 6.07) is 8.71. The zero-order chi connectivity index (χ0) is 10.2. The van der Waals surface area contributed by atoms with Crippen molar-refractivity contribution in [1.29, 1.82) is 0 Å². The van der Waals surface area contributed by atoms with Crippen LogP contribution in [0.1, 0.15) is 12.0 Å². The zero-order valence-corrected chi connectivity index (χ0v) is 9.44. The second-order valence-electron chi connectivity index (χ2n) is 3.10. The van der Waals surface area contributed by atoms with Gasteiger partial charge in [0.15, 0.2) is 0 Å². The highest BCUT2D eigenvalue weighted by atomic mass is 32.2. The Bertz CT molecular complexity index is 266. The Hall–Kier alpha value is -0.730. The second kappa shape index (κ2) is 6.68. The molecule has 0 spiro atoms. The van der Waals surface area contributed by atoms with Gasteiger partial charge in [-0.15, -0.1) is 18.3 Å². The number of thioether (sulfide) groups is 1. The van der Waals surface area contributed by atoms with E-state index in [0.29, 0.717) is 0 Å². The average Bonchev–Trinajstić information content (AvgIpc) is 2.21. The number of rotatable bonds is 6. The Balaban J connectivity index is 2.42. The van der Waals surface area contributed by atoms with Crippen molar-refractivity contribution in [1.82, 2.24) is 5.32 Å². The Kier molecular flexibility index (Phi) is 5.42. The summed E-state index contributed by atoms with van der Waals surface area (Å²) >= 11 is 1.88. The van der Waals surface area contributed by atoms with Gasteiger partial charge in [-0.05, 0) is 31.2 Å². The molecule has 1 aromatic rings. The minimum Gasteiger partial charge on any atom is -0.316 e. The van der Waals surface area contributed by atoms with Gasteiger partial charge in [0.1, 0.15) is 0 Å². The summed E-state index contributed by atoms with van der Waals surface area (Å²) in [4.78, 5) is 1.34. The van der Waals surface area contributed by atoms with E-state index in [9.17, 15) is 0 Å². The summed E-state index contributed by atoms with van der Waals surface area (Å²) in [6.07, 6.45) is 3.03. The van der Waals surface area contributed by atoms with Gasteiger partial charge in [0.05, 0.1) is 0 Å². The fourth-order valence-corrected chi connectivity index (χ4v) is 2.02. The highest BCUT2D eigenvalue weighted by Gasteiger charge is 1.93. The lowest BCUT2D eigenvalue weighted by Gasteiger charge is -2.02. The molecule has 0 aliphatic carbocycles. The van der Waals surface area contributed by atoms with Gasteiger partial charge in [0.2, 0.25) is 0 Å². The third-order valence-electron chi connectivity index (χ3n) is 1.89. The number of nitrogens with one attached hydrogen (secondary N) is 1. The topological polar surface area (TPSA) is 12.0 Å². The second-order valence-corrected chi connectivity index (χ2v) is 4.27. The van der Waals surface area contributed by atoms with Gasteiger partial charge >= 0.3 is 0 Å². The number of hydrogen-bond acceptors (Lipinski definition) is 2. The molecule has 1 aromatic carbocycles. The van der Waals surface area contributed by atoms with Gasteiger partial charge < -0.3 is 5.32 Å². The van der Waals surface area contributed by atoms with Crippen LogP contribution in [0.4, 0.5) is 0 Å². The van der Waals surface area contributed by atoms with Crippen molar-refractivity contribution in [2.24, 2.45) is 0 Å². The lowest BCUT2D eigenvalue weighted by molar-refractivity contribution is 0.817. The lowest BCUT2D eigenvalue weighted by Crippen LogP contribution is -2.04. The molecule has 0 atom stereocenters. The fraction of sp³-hybridized carbons (Fsp3) is 0.333. The molecule has 0 saturated carbocycles. The molecule has 0 aromatic heterocycles. The molecule has 2 heteroatoms. The third-order valence-corrected chi connectivity index (χ3v) is 2.94. The van der Waals surface area contributed by atoms with E-state index in [1.807, 2.05) is 24.9 Å². The first-order chi connectivity index (χ1) is 6.86. The molecule has 0 saturated heterocycles. The van der Waals surface area contributed by atoms with Crippen molar-refractivity contribution in [2.75, 3.05) is 12.8 Å². The molecule has 0 aliphatic rings. The molecule has 0 fully saturated rings. The van der Waals surface area contributed by atoms with E-state index in [2.05, 4.69) is 36.2 Å². The van der Waals surface area contributed by atoms with Gasteiger partial charge in [0.25, 0.3) is 0 Å². The van der Waals surface area contributed by atoms with Crippen LogP contribution in [-0.2, 0) is 6.54 Å². The smallest absolute Gasteiger partial charge is 0.0202 e. The average molecular weight is 207 g/mol. The predicted molar refractivity (Wildman–Crippen MR) is 64.7 cm³/mol. The van der Waals surface area contributed by atoms with E-state index in [1.54, 1.807) is 0 Å². The van der Waals surface area contributed by atoms with Crippen LogP contribution in [0.2, 0.25) is 0 Å². The Morgan fingerprint density at radius 2 is 2.07 bits per heavy atom. The van der Waals surface area contributed by atoms with Crippen LogP contribution < -0.4 is 5.32 Å². The van der Waals surface area contributed by atoms with E-state index in [4.69, 9.17) is 0 Å². The van der Waals surface area contributed by atoms with Gasteiger partial charge in [-0.1, -0.05) is 18.2 Å². The number of benzene rings is 1. The summed E-state index contributed by atoms with van der Waals surface area (Å²) in [5.74, 6) is 1.12. The molecule has 0 aliphatic heterocycles. The summed E-state index contributed by atoms with van der Waals surface area (Å²) in [5, 5.41) is 3.14. The monoisotopic (exact) mass is 207 g/mol. The quantitative estimate of drug-likeness (QED) is 0.437. The van der Waals surface area contributed by atoms with Gasteiger partial charge in [0, 0.05) is 17.2 Å². The Morgan fingerprint density at radius 3 is 2.64 bits per heavy atom. The van der Waals surface area contributed by atoms with Gasteiger partial charge in [-0.25, -0.2) is 0 Å². The summed E-state index contributed by atoms with van der Waals surface area (Å²) in [7, 11) is 1.97. The van der Waals surface area contributed by atoms with Crippen LogP contribution in [0.15, 0.2) is 41.8 Å². The third kappa shape index (κ3) is 3.99. The maximum Gasteiger partial charge on any atom is 0.0202 e. The molecule has 1 rings (SSSR count). The van der Waals surface area contributed by atoms with Crippen molar-refractivity contribution >= 4 is 11.8 Å². The van der Waals surface area contributed by atoms with Crippen molar-refractivity contribution in [3.05, 3.63) is 42.5 Å². The molecule has 1 nitrogen and oxygen atoms in total.